The lowest BCUT2D eigenvalue weighted by Gasteiger charge is -2.15. The molecule has 4 aromatic rings. The van der Waals surface area contributed by atoms with Crippen molar-refractivity contribution in [1.29, 1.82) is 0 Å². The highest BCUT2D eigenvalue weighted by Gasteiger charge is 2.19. The number of fused-ring (bicyclic) bond motifs is 1. The number of amides is 2. The van der Waals surface area contributed by atoms with Crippen molar-refractivity contribution in [1.82, 2.24) is 5.32 Å². The van der Waals surface area contributed by atoms with Gasteiger partial charge in [0.2, 0.25) is 5.91 Å². The molecule has 8 heteroatoms. The zero-order chi connectivity index (χ0) is 24.8. The van der Waals surface area contributed by atoms with Gasteiger partial charge in [0.05, 0.1) is 23.6 Å². The number of methoxy groups -OCH3 is 1. The summed E-state index contributed by atoms with van der Waals surface area (Å²) >= 11 is 8.87. The van der Waals surface area contributed by atoms with Crippen LogP contribution < -0.4 is 20.7 Å². The van der Waals surface area contributed by atoms with E-state index >= 15 is 0 Å². The van der Waals surface area contributed by atoms with Gasteiger partial charge in [0, 0.05) is 11.4 Å². The van der Waals surface area contributed by atoms with Gasteiger partial charge in [0.15, 0.2) is 5.11 Å². The molecule has 0 saturated heterocycles. The molecule has 0 fully saturated rings. The van der Waals surface area contributed by atoms with Crippen molar-refractivity contribution >= 4 is 67.2 Å². The van der Waals surface area contributed by atoms with Gasteiger partial charge in [-0.25, -0.2) is 0 Å². The van der Waals surface area contributed by atoms with Crippen molar-refractivity contribution in [2.45, 2.75) is 6.42 Å². The van der Waals surface area contributed by atoms with Gasteiger partial charge in [-0.1, -0.05) is 54.6 Å². The fourth-order valence-electron chi connectivity index (χ4n) is 3.61. The molecule has 0 aliphatic rings. The van der Waals surface area contributed by atoms with Gasteiger partial charge in [0.25, 0.3) is 5.91 Å². The minimum atomic E-state index is -0.393. The first-order chi connectivity index (χ1) is 16.9. The van der Waals surface area contributed by atoms with Crippen LogP contribution in [0, 0.1) is 0 Å². The number of ether oxygens (including phenoxy) is 1. The summed E-state index contributed by atoms with van der Waals surface area (Å²) in [6.45, 7) is 0. The van der Waals surface area contributed by atoms with Crippen LogP contribution in [0.1, 0.15) is 15.9 Å². The average molecular weight is 548 g/mol. The Kier molecular flexibility index (Phi) is 7.74. The van der Waals surface area contributed by atoms with Crippen LogP contribution in [0.3, 0.4) is 0 Å². The third kappa shape index (κ3) is 6.03. The zero-order valence-corrected chi connectivity index (χ0v) is 21.2. The van der Waals surface area contributed by atoms with Gasteiger partial charge in [-0.05, 0) is 74.8 Å². The Morgan fingerprint density at radius 1 is 0.886 bits per heavy atom. The number of benzene rings is 4. The highest BCUT2D eigenvalue weighted by molar-refractivity contribution is 9.10. The lowest BCUT2D eigenvalue weighted by molar-refractivity contribution is -0.115. The van der Waals surface area contributed by atoms with Crippen molar-refractivity contribution in [2.75, 3.05) is 17.7 Å². The topological polar surface area (TPSA) is 79.5 Å². The number of carbonyl (C=O) groups is 2. The summed E-state index contributed by atoms with van der Waals surface area (Å²) in [5, 5.41) is 10.5. The number of nitrogens with one attached hydrogen (secondary N) is 3. The first kappa shape index (κ1) is 24.4. The normalized spacial score (nSPS) is 10.5. The third-order valence-corrected chi connectivity index (χ3v) is 6.24. The Morgan fingerprint density at radius 2 is 1.51 bits per heavy atom. The van der Waals surface area contributed by atoms with Crippen LogP contribution in [-0.4, -0.2) is 24.0 Å². The van der Waals surface area contributed by atoms with E-state index in [2.05, 4.69) is 31.9 Å². The largest absolute Gasteiger partial charge is 0.495 e. The van der Waals surface area contributed by atoms with Gasteiger partial charge >= 0.3 is 0 Å². The minimum Gasteiger partial charge on any atom is -0.495 e. The van der Waals surface area contributed by atoms with Gasteiger partial charge in [-0.3, -0.25) is 14.9 Å². The zero-order valence-electron chi connectivity index (χ0n) is 18.8. The second kappa shape index (κ2) is 11.1. The van der Waals surface area contributed by atoms with Crippen LogP contribution in [0.15, 0.2) is 89.4 Å². The maximum Gasteiger partial charge on any atom is 0.261 e. The Labute approximate surface area is 216 Å². The second-order valence-electron chi connectivity index (χ2n) is 7.69. The molecule has 0 unspecified atom stereocenters. The summed E-state index contributed by atoms with van der Waals surface area (Å²) in [5.74, 6) is -0.0645. The standard InChI is InChI=1S/C27H22BrN3O3S/c1-34-25-22(16-18-9-5-6-10-21(18)24(25)28)26(33)31-27(35)30-20-13-11-19(12-14-20)29-23(32)15-17-7-3-2-4-8-17/h2-14,16H,15H2,1H3,(H,29,32)(H2,30,31,33,35). The molecule has 176 valence electrons. The Hall–Kier alpha value is -3.75. The molecule has 2 amide bonds. The molecular weight excluding hydrogens is 526 g/mol. The summed E-state index contributed by atoms with van der Waals surface area (Å²) in [5.41, 5.74) is 2.64. The molecule has 0 aliphatic heterocycles. The molecular formula is C27H22BrN3O3S. The average Bonchev–Trinajstić information content (AvgIpc) is 2.85. The quantitative estimate of drug-likeness (QED) is 0.261. The number of thiocarbonyl (C=S) groups is 1. The summed E-state index contributed by atoms with van der Waals surface area (Å²) in [7, 11) is 1.52. The van der Waals surface area contributed by atoms with E-state index in [4.69, 9.17) is 17.0 Å². The summed E-state index contributed by atoms with van der Waals surface area (Å²) < 4.78 is 6.18. The van der Waals surface area contributed by atoms with Gasteiger partial charge in [0.1, 0.15) is 5.75 Å². The summed E-state index contributed by atoms with van der Waals surface area (Å²) in [6, 6.07) is 26.1. The predicted molar refractivity (Wildman–Crippen MR) is 147 cm³/mol. The molecule has 0 spiro atoms. The number of hydrogen-bond donors (Lipinski definition) is 3. The van der Waals surface area contributed by atoms with Crippen LogP contribution in [0.2, 0.25) is 0 Å². The maximum absolute atomic E-state index is 13.0. The van der Waals surface area contributed by atoms with E-state index in [-0.39, 0.29) is 11.0 Å². The molecule has 6 nitrogen and oxygen atoms in total. The minimum absolute atomic E-state index is 0.102. The molecule has 0 saturated carbocycles. The second-order valence-corrected chi connectivity index (χ2v) is 8.89. The first-order valence-corrected chi connectivity index (χ1v) is 12.0. The molecule has 0 heterocycles. The third-order valence-electron chi connectivity index (χ3n) is 5.25. The first-order valence-electron chi connectivity index (χ1n) is 10.8. The van der Waals surface area contributed by atoms with E-state index in [1.807, 2.05) is 54.6 Å². The van der Waals surface area contributed by atoms with Crippen LogP contribution in [0.4, 0.5) is 11.4 Å². The van der Waals surface area contributed by atoms with Crippen molar-refractivity contribution in [3.8, 4) is 5.75 Å². The van der Waals surface area contributed by atoms with Gasteiger partial charge in [-0.2, -0.15) is 0 Å². The summed E-state index contributed by atoms with van der Waals surface area (Å²) in [6.07, 6.45) is 0.297. The molecule has 4 aromatic carbocycles. The lowest BCUT2D eigenvalue weighted by atomic mass is 10.1. The van der Waals surface area contributed by atoms with Crippen molar-refractivity contribution in [3.63, 3.8) is 0 Å². The number of hydrogen-bond acceptors (Lipinski definition) is 4. The lowest BCUT2D eigenvalue weighted by Crippen LogP contribution is -2.34. The van der Waals surface area contributed by atoms with Crippen molar-refractivity contribution < 1.29 is 14.3 Å². The smallest absolute Gasteiger partial charge is 0.261 e. The number of anilines is 2. The Morgan fingerprint density at radius 3 is 2.20 bits per heavy atom. The molecule has 3 N–H and O–H groups in total. The van der Waals surface area contributed by atoms with E-state index in [0.717, 1.165) is 16.3 Å². The fourth-order valence-corrected chi connectivity index (χ4v) is 4.56. The van der Waals surface area contributed by atoms with E-state index in [1.54, 1.807) is 30.3 Å². The monoisotopic (exact) mass is 547 g/mol. The van der Waals surface area contributed by atoms with E-state index in [1.165, 1.54) is 7.11 Å². The van der Waals surface area contributed by atoms with E-state index < -0.39 is 5.91 Å². The number of halogens is 1. The van der Waals surface area contributed by atoms with Crippen LogP contribution in [0.5, 0.6) is 5.75 Å². The fraction of sp³-hybridized carbons (Fsp3) is 0.0741. The predicted octanol–water partition coefficient (Wildman–Crippen LogP) is 5.92. The van der Waals surface area contributed by atoms with Gasteiger partial charge in [-0.15, -0.1) is 0 Å². The van der Waals surface area contributed by atoms with Crippen LogP contribution in [0.25, 0.3) is 10.8 Å². The Bertz CT molecular complexity index is 1390. The molecule has 0 aliphatic carbocycles. The van der Waals surface area contributed by atoms with Crippen molar-refractivity contribution in [2.24, 2.45) is 0 Å². The highest BCUT2D eigenvalue weighted by Crippen LogP contribution is 2.36. The van der Waals surface area contributed by atoms with Crippen LogP contribution in [-0.2, 0) is 11.2 Å². The molecule has 35 heavy (non-hydrogen) atoms. The molecule has 0 bridgehead atoms. The number of rotatable bonds is 6. The Balaban J connectivity index is 1.38. The van der Waals surface area contributed by atoms with Crippen LogP contribution >= 0.6 is 28.1 Å². The highest BCUT2D eigenvalue weighted by atomic mass is 79.9. The van der Waals surface area contributed by atoms with Gasteiger partial charge < -0.3 is 15.4 Å². The van der Waals surface area contributed by atoms with E-state index in [9.17, 15) is 9.59 Å². The molecule has 4 rings (SSSR count). The maximum atomic E-state index is 13.0. The molecule has 0 radical (unpaired) electrons. The summed E-state index contributed by atoms with van der Waals surface area (Å²) in [4.78, 5) is 25.2. The molecule has 0 atom stereocenters. The number of carbonyl (C=O) groups excluding carboxylic acids is 2. The molecule has 0 aromatic heterocycles. The SMILES string of the molecule is COc1c(C(=O)NC(=S)Nc2ccc(NC(=O)Cc3ccccc3)cc2)cc2ccccc2c1Br. The van der Waals surface area contributed by atoms with E-state index in [0.29, 0.717) is 33.6 Å². The van der Waals surface area contributed by atoms with Crippen molar-refractivity contribution in [3.05, 3.63) is 101 Å².